The number of benzene rings is 1. The SMILES string of the molecule is CC(Oc1ccccc1[C@H](C)O)C(=O)O. The van der Waals surface area contributed by atoms with Crippen molar-refractivity contribution in [3.63, 3.8) is 0 Å². The van der Waals surface area contributed by atoms with Crippen molar-refractivity contribution in [3.8, 4) is 5.75 Å². The molecule has 1 unspecified atom stereocenters. The lowest BCUT2D eigenvalue weighted by Crippen LogP contribution is -2.23. The summed E-state index contributed by atoms with van der Waals surface area (Å²) in [6.07, 6.45) is -1.60. The smallest absolute Gasteiger partial charge is 0.344 e. The van der Waals surface area contributed by atoms with E-state index in [2.05, 4.69) is 0 Å². The molecule has 1 rings (SSSR count). The summed E-state index contributed by atoms with van der Waals surface area (Å²) in [5, 5.41) is 18.1. The first kappa shape index (κ1) is 11.5. The van der Waals surface area contributed by atoms with Gasteiger partial charge in [-0.1, -0.05) is 18.2 Å². The summed E-state index contributed by atoms with van der Waals surface area (Å²) in [5.74, 6) is -0.627. The van der Waals surface area contributed by atoms with Gasteiger partial charge in [-0.2, -0.15) is 0 Å². The molecule has 4 nitrogen and oxygen atoms in total. The second-order valence-electron chi connectivity index (χ2n) is 3.31. The molecule has 82 valence electrons. The van der Waals surface area contributed by atoms with Crippen molar-refractivity contribution in [3.05, 3.63) is 29.8 Å². The second kappa shape index (κ2) is 4.79. The van der Waals surface area contributed by atoms with E-state index in [0.717, 1.165) is 0 Å². The molecule has 0 radical (unpaired) electrons. The van der Waals surface area contributed by atoms with Crippen LogP contribution >= 0.6 is 0 Å². The highest BCUT2D eigenvalue weighted by Gasteiger charge is 2.15. The number of carboxylic acid groups (broad SMARTS) is 1. The largest absolute Gasteiger partial charge is 0.479 e. The fourth-order valence-corrected chi connectivity index (χ4v) is 1.17. The van der Waals surface area contributed by atoms with E-state index in [9.17, 15) is 9.90 Å². The molecule has 2 atom stereocenters. The highest BCUT2D eigenvalue weighted by Crippen LogP contribution is 2.25. The van der Waals surface area contributed by atoms with Crippen LogP contribution in [0.4, 0.5) is 0 Å². The van der Waals surface area contributed by atoms with Gasteiger partial charge in [-0.15, -0.1) is 0 Å². The molecule has 0 bridgehead atoms. The van der Waals surface area contributed by atoms with Crippen LogP contribution in [0.15, 0.2) is 24.3 Å². The highest BCUT2D eigenvalue weighted by atomic mass is 16.5. The van der Waals surface area contributed by atoms with Crippen molar-refractivity contribution < 1.29 is 19.7 Å². The van der Waals surface area contributed by atoms with Gasteiger partial charge < -0.3 is 14.9 Å². The molecule has 0 amide bonds. The molecule has 0 aromatic heterocycles. The van der Waals surface area contributed by atoms with Gasteiger partial charge in [0.2, 0.25) is 0 Å². The number of para-hydroxylation sites is 1. The number of carbonyl (C=O) groups is 1. The highest BCUT2D eigenvalue weighted by molar-refractivity contribution is 5.72. The molecule has 1 aromatic carbocycles. The van der Waals surface area contributed by atoms with Gasteiger partial charge in [0.15, 0.2) is 6.10 Å². The molecule has 0 saturated carbocycles. The molecule has 0 fully saturated rings. The lowest BCUT2D eigenvalue weighted by Gasteiger charge is -2.15. The van der Waals surface area contributed by atoms with Crippen LogP contribution in [-0.4, -0.2) is 22.3 Å². The number of rotatable bonds is 4. The zero-order chi connectivity index (χ0) is 11.4. The molecule has 0 saturated heterocycles. The predicted molar refractivity (Wildman–Crippen MR) is 54.8 cm³/mol. The fourth-order valence-electron chi connectivity index (χ4n) is 1.17. The second-order valence-corrected chi connectivity index (χ2v) is 3.31. The van der Waals surface area contributed by atoms with Crippen LogP contribution < -0.4 is 4.74 Å². The van der Waals surface area contributed by atoms with Crippen molar-refractivity contribution in [2.75, 3.05) is 0 Å². The van der Waals surface area contributed by atoms with E-state index < -0.39 is 18.2 Å². The van der Waals surface area contributed by atoms with E-state index in [1.807, 2.05) is 0 Å². The Balaban J connectivity index is 2.89. The topological polar surface area (TPSA) is 66.8 Å². The number of aliphatic hydroxyl groups is 1. The summed E-state index contributed by atoms with van der Waals surface area (Å²) < 4.78 is 5.21. The molecule has 0 aliphatic heterocycles. The van der Waals surface area contributed by atoms with Gasteiger partial charge in [-0.05, 0) is 19.9 Å². The number of aliphatic carboxylic acids is 1. The van der Waals surface area contributed by atoms with E-state index >= 15 is 0 Å². The Morgan fingerprint density at radius 3 is 2.47 bits per heavy atom. The zero-order valence-corrected chi connectivity index (χ0v) is 8.68. The normalized spacial score (nSPS) is 14.3. The van der Waals surface area contributed by atoms with Crippen LogP contribution in [0.2, 0.25) is 0 Å². The monoisotopic (exact) mass is 210 g/mol. The van der Waals surface area contributed by atoms with Gasteiger partial charge >= 0.3 is 5.97 Å². The average molecular weight is 210 g/mol. The Bertz CT molecular complexity index is 346. The van der Waals surface area contributed by atoms with Crippen molar-refractivity contribution in [1.82, 2.24) is 0 Å². The van der Waals surface area contributed by atoms with E-state index in [-0.39, 0.29) is 0 Å². The third-order valence-electron chi connectivity index (χ3n) is 2.02. The quantitative estimate of drug-likeness (QED) is 0.792. The lowest BCUT2D eigenvalue weighted by molar-refractivity contribution is -0.144. The molecular weight excluding hydrogens is 196 g/mol. The Kier molecular flexibility index (Phi) is 3.68. The zero-order valence-electron chi connectivity index (χ0n) is 8.68. The molecule has 0 heterocycles. The Labute approximate surface area is 88.1 Å². The first-order valence-electron chi connectivity index (χ1n) is 4.69. The van der Waals surface area contributed by atoms with Gasteiger partial charge in [0.05, 0.1) is 6.10 Å². The van der Waals surface area contributed by atoms with Crippen molar-refractivity contribution in [2.45, 2.75) is 26.1 Å². The van der Waals surface area contributed by atoms with Crippen molar-refractivity contribution in [2.24, 2.45) is 0 Å². The molecule has 0 aliphatic carbocycles. The molecule has 0 aliphatic rings. The van der Waals surface area contributed by atoms with Crippen LogP contribution in [0.25, 0.3) is 0 Å². The van der Waals surface area contributed by atoms with E-state index in [1.54, 1.807) is 31.2 Å². The Morgan fingerprint density at radius 1 is 1.33 bits per heavy atom. The Morgan fingerprint density at radius 2 is 1.93 bits per heavy atom. The number of carboxylic acids is 1. The maximum atomic E-state index is 10.6. The maximum Gasteiger partial charge on any atom is 0.344 e. The minimum Gasteiger partial charge on any atom is -0.479 e. The molecule has 1 aromatic rings. The summed E-state index contributed by atoms with van der Waals surface area (Å²) >= 11 is 0. The minimum absolute atomic E-state index is 0.405. The Hall–Kier alpha value is -1.55. The molecule has 4 heteroatoms. The maximum absolute atomic E-state index is 10.6. The first-order chi connectivity index (χ1) is 7.02. The molecule has 0 spiro atoms. The standard InChI is InChI=1S/C11H14O4/c1-7(12)9-5-3-4-6-10(9)15-8(2)11(13)14/h3-8,12H,1-2H3,(H,13,14)/t7-,8?/m0/s1. The van der Waals surface area contributed by atoms with E-state index in [1.165, 1.54) is 6.92 Å². The summed E-state index contributed by atoms with van der Waals surface area (Å²) in [6, 6.07) is 6.84. The van der Waals surface area contributed by atoms with E-state index in [4.69, 9.17) is 9.84 Å². The van der Waals surface area contributed by atoms with Crippen LogP contribution in [0, 0.1) is 0 Å². The third-order valence-corrected chi connectivity index (χ3v) is 2.02. The van der Waals surface area contributed by atoms with Gasteiger partial charge in [0.25, 0.3) is 0 Å². The lowest BCUT2D eigenvalue weighted by atomic mass is 10.1. The van der Waals surface area contributed by atoms with Gasteiger partial charge in [-0.25, -0.2) is 4.79 Å². The van der Waals surface area contributed by atoms with Crippen LogP contribution in [0.3, 0.4) is 0 Å². The van der Waals surface area contributed by atoms with Gasteiger partial charge in [0.1, 0.15) is 5.75 Å². The number of ether oxygens (including phenoxy) is 1. The van der Waals surface area contributed by atoms with Crippen LogP contribution in [0.1, 0.15) is 25.5 Å². The van der Waals surface area contributed by atoms with Crippen LogP contribution in [0.5, 0.6) is 5.75 Å². The van der Waals surface area contributed by atoms with Gasteiger partial charge in [0, 0.05) is 5.56 Å². The number of hydrogen-bond acceptors (Lipinski definition) is 3. The number of hydrogen-bond donors (Lipinski definition) is 2. The molecule has 15 heavy (non-hydrogen) atoms. The minimum atomic E-state index is -1.03. The van der Waals surface area contributed by atoms with Crippen molar-refractivity contribution >= 4 is 5.97 Å². The predicted octanol–water partition coefficient (Wildman–Crippen LogP) is 1.59. The summed E-state index contributed by atoms with van der Waals surface area (Å²) in [6.45, 7) is 3.05. The van der Waals surface area contributed by atoms with Crippen LogP contribution in [-0.2, 0) is 4.79 Å². The number of aliphatic hydroxyl groups excluding tert-OH is 1. The summed E-state index contributed by atoms with van der Waals surface area (Å²) in [4.78, 5) is 10.6. The molecular formula is C11H14O4. The third kappa shape index (κ3) is 2.95. The van der Waals surface area contributed by atoms with Crippen molar-refractivity contribution in [1.29, 1.82) is 0 Å². The average Bonchev–Trinajstić information content (AvgIpc) is 2.18. The summed E-state index contributed by atoms with van der Waals surface area (Å²) in [5.41, 5.74) is 0.589. The summed E-state index contributed by atoms with van der Waals surface area (Å²) in [7, 11) is 0. The van der Waals surface area contributed by atoms with Gasteiger partial charge in [-0.3, -0.25) is 0 Å². The fraction of sp³-hybridized carbons (Fsp3) is 0.364. The van der Waals surface area contributed by atoms with E-state index in [0.29, 0.717) is 11.3 Å². The molecule has 2 N–H and O–H groups in total. The first-order valence-corrected chi connectivity index (χ1v) is 4.69.